The fourth-order valence-corrected chi connectivity index (χ4v) is 5.49. The molecule has 1 saturated heterocycles. The van der Waals surface area contributed by atoms with E-state index in [0.717, 1.165) is 37.5 Å². The highest BCUT2D eigenvalue weighted by Gasteiger charge is 2.47. The number of ether oxygens (including phenoxy) is 1. The van der Waals surface area contributed by atoms with Gasteiger partial charge in [0, 0.05) is 37.4 Å². The standard InChI is InChI=1S/C25H25Cl2N3O2/c1-15-23(28-17(3)30(24(15)31)20-9-6-8-19(26)22(20)27)29-13-11-25(12-14-29)16(2)18-7-4-5-10-21(18)32-25/h4-10,16H,11-14H2,1-3H3/t16-/m1/s1. The minimum absolute atomic E-state index is 0.130. The number of aryl methyl sites for hydroxylation is 1. The zero-order chi connectivity index (χ0) is 22.6. The van der Waals surface area contributed by atoms with Gasteiger partial charge in [0.2, 0.25) is 0 Å². The molecular formula is C25H25Cl2N3O2. The van der Waals surface area contributed by atoms with E-state index < -0.39 is 0 Å². The summed E-state index contributed by atoms with van der Waals surface area (Å²) in [6.45, 7) is 7.48. The normalized spacial score (nSPS) is 19.2. The molecule has 2 aliphatic heterocycles. The molecule has 0 radical (unpaired) electrons. The van der Waals surface area contributed by atoms with Crippen molar-refractivity contribution in [2.75, 3.05) is 18.0 Å². The minimum atomic E-state index is -0.188. The maximum Gasteiger partial charge on any atom is 0.263 e. The Balaban J connectivity index is 1.44. The molecule has 0 saturated carbocycles. The Morgan fingerprint density at radius 3 is 2.50 bits per heavy atom. The van der Waals surface area contributed by atoms with E-state index in [1.807, 2.05) is 19.9 Å². The average molecular weight is 470 g/mol. The van der Waals surface area contributed by atoms with Gasteiger partial charge in [0.05, 0.1) is 21.3 Å². The molecule has 0 unspecified atom stereocenters. The number of para-hydroxylation sites is 1. The number of benzene rings is 2. The van der Waals surface area contributed by atoms with E-state index in [1.54, 1.807) is 18.2 Å². The van der Waals surface area contributed by atoms with Crippen molar-refractivity contribution in [1.82, 2.24) is 9.55 Å². The van der Waals surface area contributed by atoms with Crippen LogP contribution in [0.4, 0.5) is 5.82 Å². The van der Waals surface area contributed by atoms with Gasteiger partial charge in [-0.1, -0.05) is 54.4 Å². The van der Waals surface area contributed by atoms with Crippen LogP contribution in [0, 0.1) is 13.8 Å². The number of rotatable bonds is 2. The number of nitrogens with zero attached hydrogens (tertiary/aromatic N) is 3. The summed E-state index contributed by atoms with van der Waals surface area (Å²) in [7, 11) is 0. The van der Waals surface area contributed by atoms with Gasteiger partial charge in [0.25, 0.3) is 5.56 Å². The Bertz CT molecular complexity index is 1260. The van der Waals surface area contributed by atoms with Gasteiger partial charge in [-0.15, -0.1) is 0 Å². The van der Waals surface area contributed by atoms with Crippen LogP contribution in [0.15, 0.2) is 47.3 Å². The van der Waals surface area contributed by atoms with Crippen molar-refractivity contribution in [3.63, 3.8) is 0 Å². The van der Waals surface area contributed by atoms with E-state index in [9.17, 15) is 4.79 Å². The molecule has 0 amide bonds. The minimum Gasteiger partial charge on any atom is -0.486 e. The summed E-state index contributed by atoms with van der Waals surface area (Å²) in [6, 6.07) is 13.6. The molecule has 0 bridgehead atoms. The molecule has 5 nitrogen and oxygen atoms in total. The van der Waals surface area contributed by atoms with Crippen LogP contribution in [-0.2, 0) is 0 Å². The van der Waals surface area contributed by atoms with Gasteiger partial charge in [0.1, 0.15) is 23.0 Å². The van der Waals surface area contributed by atoms with Crippen molar-refractivity contribution in [3.05, 3.63) is 79.8 Å². The molecule has 3 aromatic rings. The molecule has 7 heteroatoms. The van der Waals surface area contributed by atoms with Crippen molar-refractivity contribution in [3.8, 4) is 11.4 Å². The third kappa shape index (κ3) is 3.22. The Morgan fingerprint density at radius 2 is 1.78 bits per heavy atom. The SMILES string of the molecule is Cc1c(N2CCC3(CC2)Oc2ccccc2[C@H]3C)nc(C)n(-c2cccc(Cl)c2Cl)c1=O. The maximum absolute atomic E-state index is 13.3. The lowest BCUT2D eigenvalue weighted by Crippen LogP contribution is -2.49. The zero-order valence-corrected chi connectivity index (χ0v) is 19.9. The van der Waals surface area contributed by atoms with Crippen LogP contribution in [0.5, 0.6) is 5.75 Å². The first kappa shape index (κ1) is 21.4. The van der Waals surface area contributed by atoms with E-state index in [4.69, 9.17) is 32.9 Å². The van der Waals surface area contributed by atoms with Crippen LogP contribution in [0.1, 0.15) is 42.6 Å². The first-order valence-electron chi connectivity index (χ1n) is 10.9. The molecule has 1 spiro atoms. The van der Waals surface area contributed by atoms with Crippen LogP contribution in [-0.4, -0.2) is 28.2 Å². The summed E-state index contributed by atoms with van der Waals surface area (Å²) in [4.78, 5) is 20.4. The van der Waals surface area contributed by atoms with Crippen molar-refractivity contribution < 1.29 is 4.74 Å². The largest absolute Gasteiger partial charge is 0.486 e. The molecule has 3 heterocycles. The summed E-state index contributed by atoms with van der Waals surface area (Å²) in [5.41, 5.74) is 2.12. The molecule has 1 fully saturated rings. The summed E-state index contributed by atoms with van der Waals surface area (Å²) in [6.07, 6.45) is 1.76. The van der Waals surface area contributed by atoms with E-state index in [0.29, 0.717) is 33.0 Å². The maximum atomic E-state index is 13.3. The van der Waals surface area contributed by atoms with Crippen LogP contribution >= 0.6 is 23.2 Å². The molecule has 0 aliphatic carbocycles. The van der Waals surface area contributed by atoms with Crippen LogP contribution in [0.3, 0.4) is 0 Å². The second kappa shape index (κ2) is 7.82. The zero-order valence-electron chi connectivity index (χ0n) is 18.4. The molecular weight excluding hydrogens is 445 g/mol. The highest BCUT2D eigenvalue weighted by molar-refractivity contribution is 6.43. The molecule has 2 aromatic carbocycles. The number of fused-ring (bicyclic) bond motifs is 1. The molecule has 1 aromatic heterocycles. The van der Waals surface area contributed by atoms with Gasteiger partial charge < -0.3 is 9.64 Å². The number of piperidine rings is 1. The lowest BCUT2D eigenvalue weighted by atomic mass is 9.79. The van der Waals surface area contributed by atoms with Gasteiger partial charge >= 0.3 is 0 Å². The predicted molar refractivity (Wildman–Crippen MR) is 129 cm³/mol. The summed E-state index contributed by atoms with van der Waals surface area (Å²) in [5, 5.41) is 0.755. The highest BCUT2D eigenvalue weighted by atomic mass is 35.5. The summed E-state index contributed by atoms with van der Waals surface area (Å²) >= 11 is 12.6. The van der Waals surface area contributed by atoms with Crippen LogP contribution < -0.4 is 15.2 Å². The Labute approximate surface area is 197 Å². The first-order chi connectivity index (χ1) is 15.3. The van der Waals surface area contributed by atoms with E-state index in [1.165, 1.54) is 10.1 Å². The van der Waals surface area contributed by atoms with Crippen LogP contribution in [0.2, 0.25) is 10.0 Å². The van der Waals surface area contributed by atoms with E-state index >= 15 is 0 Å². The number of anilines is 1. The van der Waals surface area contributed by atoms with Gasteiger partial charge in [0.15, 0.2) is 0 Å². The first-order valence-corrected chi connectivity index (χ1v) is 11.7. The molecule has 0 N–H and O–H groups in total. The fraction of sp³-hybridized carbons (Fsp3) is 0.360. The molecule has 166 valence electrons. The molecule has 5 rings (SSSR count). The Morgan fingerprint density at radius 1 is 1.06 bits per heavy atom. The highest BCUT2D eigenvalue weighted by Crippen LogP contribution is 2.49. The average Bonchev–Trinajstić information content (AvgIpc) is 3.06. The van der Waals surface area contributed by atoms with Crippen molar-refractivity contribution in [2.45, 2.75) is 45.1 Å². The van der Waals surface area contributed by atoms with Crippen LogP contribution in [0.25, 0.3) is 5.69 Å². The van der Waals surface area contributed by atoms with Crippen molar-refractivity contribution in [1.29, 1.82) is 0 Å². The van der Waals surface area contributed by atoms with Crippen molar-refractivity contribution >= 4 is 29.0 Å². The number of aromatic nitrogens is 2. The van der Waals surface area contributed by atoms with Gasteiger partial charge in [-0.2, -0.15) is 0 Å². The molecule has 1 atom stereocenters. The van der Waals surface area contributed by atoms with Gasteiger partial charge in [-0.05, 0) is 32.0 Å². The summed E-state index contributed by atoms with van der Waals surface area (Å²) in [5.74, 6) is 2.66. The fourth-order valence-electron chi connectivity index (χ4n) is 5.11. The predicted octanol–water partition coefficient (Wildman–Crippen LogP) is 5.69. The van der Waals surface area contributed by atoms with Crippen molar-refractivity contribution in [2.24, 2.45) is 0 Å². The third-order valence-corrected chi connectivity index (χ3v) is 7.83. The van der Waals surface area contributed by atoms with E-state index in [-0.39, 0.29) is 11.2 Å². The summed E-state index contributed by atoms with van der Waals surface area (Å²) < 4.78 is 8.01. The van der Waals surface area contributed by atoms with Gasteiger partial charge in [-0.25, -0.2) is 4.98 Å². The topological polar surface area (TPSA) is 47.4 Å². The quantitative estimate of drug-likeness (QED) is 0.483. The molecule has 32 heavy (non-hydrogen) atoms. The lowest BCUT2D eigenvalue weighted by molar-refractivity contribution is 0.0464. The second-order valence-electron chi connectivity index (χ2n) is 8.73. The Hall–Kier alpha value is -2.50. The van der Waals surface area contributed by atoms with Gasteiger partial charge in [-0.3, -0.25) is 9.36 Å². The van der Waals surface area contributed by atoms with E-state index in [2.05, 4.69) is 30.0 Å². The monoisotopic (exact) mass is 469 g/mol. The Kier molecular flexibility index (Phi) is 5.22. The molecule has 2 aliphatic rings. The smallest absolute Gasteiger partial charge is 0.263 e. The number of hydrogen-bond donors (Lipinski definition) is 0. The number of hydrogen-bond acceptors (Lipinski definition) is 4. The number of halogens is 2. The third-order valence-electron chi connectivity index (χ3n) is 7.02. The second-order valence-corrected chi connectivity index (χ2v) is 9.52. The lowest BCUT2D eigenvalue weighted by Gasteiger charge is -2.42.